The van der Waals surface area contributed by atoms with Gasteiger partial charge in [0.2, 0.25) is 10.0 Å². The zero-order valence-corrected chi connectivity index (χ0v) is 10.8. The number of hydrogen-bond donors (Lipinski definition) is 1. The second-order valence-corrected chi connectivity index (χ2v) is 6.15. The van der Waals surface area contributed by atoms with Crippen molar-refractivity contribution in [1.29, 1.82) is 0 Å². The van der Waals surface area contributed by atoms with Crippen LogP contribution < -0.4 is 0 Å². The standard InChI is InChI=1S/C12H16N2O3S/c15-13-10-11-6-2-3-7-12(11)18(16,17)14-8-4-1-5-9-14/h2-3,6-7,10,15H,1,4-5,8-9H2/b13-10-. The smallest absolute Gasteiger partial charge is 0.243 e. The van der Waals surface area contributed by atoms with E-state index in [1.807, 2.05) is 0 Å². The molecule has 0 saturated carbocycles. The van der Waals surface area contributed by atoms with Gasteiger partial charge in [-0.15, -0.1) is 0 Å². The van der Waals surface area contributed by atoms with Crippen LogP contribution in [0.5, 0.6) is 0 Å². The van der Waals surface area contributed by atoms with Gasteiger partial charge in [-0.2, -0.15) is 4.31 Å². The minimum atomic E-state index is -3.48. The van der Waals surface area contributed by atoms with Crippen molar-refractivity contribution in [2.75, 3.05) is 13.1 Å². The minimum absolute atomic E-state index is 0.199. The van der Waals surface area contributed by atoms with Crippen molar-refractivity contribution < 1.29 is 13.6 Å². The van der Waals surface area contributed by atoms with Gasteiger partial charge in [0.05, 0.1) is 11.1 Å². The fourth-order valence-electron chi connectivity index (χ4n) is 2.13. The number of oxime groups is 1. The summed E-state index contributed by atoms with van der Waals surface area (Å²) in [4.78, 5) is 0.199. The molecule has 0 atom stereocenters. The van der Waals surface area contributed by atoms with Crippen LogP contribution in [0.4, 0.5) is 0 Å². The highest BCUT2D eigenvalue weighted by atomic mass is 32.2. The van der Waals surface area contributed by atoms with Gasteiger partial charge >= 0.3 is 0 Å². The largest absolute Gasteiger partial charge is 0.411 e. The lowest BCUT2D eigenvalue weighted by Crippen LogP contribution is -2.36. The van der Waals surface area contributed by atoms with E-state index in [9.17, 15) is 8.42 Å². The molecule has 0 spiro atoms. The number of sulfonamides is 1. The Labute approximate surface area is 107 Å². The van der Waals surface area contributed by atoms with Crippen molar-refractivity contribution in [3.05, 3.63) is 29.8 Å². The van der Waals surface area contributed by atoms with Crippen molar-refractivity contribution in [2.45, 2.75) is 24.2 Å². The highest BCUT2D eigenvalue weighted by Crippen LogP contribution is 2.22. The molecule has 1 N–H and O–H groups in total. The molecule has 1 aromatic rings. The summed E-state index contributed by atoms with van der Waals surface area (Å²) in [6.07, 6.45) is 4.02. The van der Waals surface area contributed by atoms with E-state index in [1.165, 1.54) is 4.31 Å². The van der Waals surface area contributed by atoms with Crippen LogP contribution in [0.15, 0.2) is 34.3 Å². The molecule has 1 saturated heterocycles. The molecular weight excluding hydrogens is 252 g/mol. The number of piperidine rings is 1. The Morgan fingerprint density at radius 2 is 1.83 bits per heavy atom. The maximum atomic E-state index is 12.5. The van der Waals surface area contributed by atoms with Crippen molar-refractivity contribution in [3.8, 4) is 0 Å². The summed E-state index contributed by atoms with van der Waals surface area (Å²) in [5.41, 5.74) is 0.408. The molecule has 0 aliphatic carbocycles. The first kappa shape index (κ1) is 13.0. The summed E-state index contributed by atoms with van der Waals surface area (Å²) in [5, 5.41) is 11.5. The first-order chi connectivity index (χ1) is 8.66. The van der Waals surface area contributed by atoms with Gasteiger partial charge in [-0.3, -0.25) is 0 Å². The molecule has 5 nitrogen and oxygen atoms in total. The first-order valence-electron chi connectivity index (χ1n) is 5.93. The second-order valence-electron chi connectivity index (χ2n) is 4.25. The normalized spacial score (nSPS) is 18.2. The molecule has 0 radical (unpaired) electrons. The summed E-state index contributed by atoms with van der Waals surface area (Å²) < 4.78 is 26.4. The van der Waals surface area contributed by atoms with Gasteiger partial charge in [0.1, 0.15) is 0 Å². The van der Waals surface area contributed by atoms with Crippen LogP contribution in [0.1, 0.15) is 24.8 Å². The van der Waals surface area contributed by atoms with E-state index >= 15 is 0 Å². The van der Waals surface area contributed by atoms with Gasteiger partial charge in [0.25, 0.3) is 0 Å². The monoisotopic (exact) mass is 268 g/mol. The molecule has 6 heteroatoms. The van der Waals surface area contributed by atoms with Crippen LogP contribution in [0.3, 0.4) is 0 Å². The van der Waals surface area contributed by atoms with E-state index < -0.39 is 10.0 Å². The fraction of sp³-hybridized carbons (Fsp3) is 0.417. The first-order valence-corrected chi connectivity index (χ1v) is 7.37. The molecule has 1 aromatic carbocycles. The van der Waals surface area contributed by atoms with Gasteiger partial charge in [-0.25, -0.2) is 8.42 Å². The van der Waals surface area contributed by atoms with Gasteiger partial charge in [0, 0.05) is 18.7 Å². The number of nitrogens with zero attached hydrogens (tertiary/aromatic N) is 2. The lowest BCUT2D eigenvalue weighted by Gasteiger charge is -2.26. The van der Waals surface area contributed by atoms with Crippen molar-refractivity contribution >= 4 is 16.2 Å². The summed E-state index contributed by atoms with van der Waals surface area (Å²) >= 11 is 0. The van der Waals surface area contributed by atoms with Crippen LogP contribution >= 0.6 is 0 Å². The van der Waals surface area contributed by atoms with E-state index in [4.69, 9.17) is 5.21 Å². The highest BCUT2D eigenvalue weighted by molar-refractivity contribution is 7.89. The lowest BCUT2D eigenvalue weighted by atomic mass is 10.2. The van der Waals surface area contributed by atoms with E-state index in [-0.39, 0.29) is 4.90 Å². The highest BCUT2D eigenvalue weighted by Gasteiger charge is 2.27. The Morgan fingerprint density at radius 1 is 1.17 bits per heavy atom. The number of rotatable bonds is 3. The quantitative estimate of drug-likeness (QED) is 0.515. The van der Waals surface area contributed by atoms with Crippen LogP contribution in [-0.4, -0.2) is 37.2 Å². The van der Waals surface area contributed by atoms with E-state index in [0.29, 0.717) is 18.7 Å². The molecule has 0 unspecified atom stereocenters. The molecule has 1 heterocycles. The summed E-state index contributed by atoms with van der Waals surface area (Å²) in [5.74, 6) is 0. The predicted molar refractivity (Wildman–Crippen MR) is 68.4 cm³/mol. The zero-order chi connectivity index (χ0) is 13.0. The maximum Gasteiger partial charge on any atom is 0.243 e. The third-order valence-electron chi connectivity index (χ3n) is 3.05. The average Bonchev–Trinajstić information content (AvgIpc) is 2.41. The Hall–Kier alpha value is -1.40. The Balaban J connectivity index is 2.40. The molecule has 1 aliphatic rings. The minimum Gasteiger partial charge on any atom is -0.411 e. The lowest BCUT2D eigenvalue weighted by molar-refractivity contribution is 0.321. The second kappa shape index (κ2) is 5.49. The molecule has 1 fully saturated rings. The molecule has 2 rings (SSSR count). The zero-order valence-electron chi connectivity index (χ0n) is 9.99. The Kier molecular flexibility index (Phi) is 3.98. The maximum absolute atomic E-state index is 12.5. The summed E-state index contributed by atoms with van der Waals surface area (Å²) in [6.45, 7) is 1.12. The van der Waals surface area contributed by atoms with Crippen LogP contribution in [0.25, 0.3) is 0 Å². The van der Waals surface area contributed by atoms with Crippen molar-refractivity contribution in [3.63, 3.8) is 0 Å². The molecule has 98 valence electrons. The molecule has 1 aliphatic heterocycles. The summed E-state index contributed by atoms with van der Waals surface area (Å²) in [6, 6.07) is 6.55. The SMILES string of the molecule is O=S(=O)(c1ccccc1/C=N\O)N1CCCCC1. The number of benzene rings is 1. The average molecular weight is 268 g/mol. The van der Waals surface area contributed by atoms with E-state index in [2.05, 4.69) is 5.16 Å². The van der Waals surface area contributed by atoms with Crippen LogP contribution in [0, 0.1) is 0 Å². The van der Waals surface area contributed by atoms with Crippen molar-refractivity contribution in [2.24, 2.45) is 5.16 Å². The van der Waals surface area contributed by atoms with Gasteiger partial charge in [0.15, 0.2) is 0 Å². The Bertz CT molecular complexity index is 534. The molecular formula is C12H16N2O3S. The predicted octanol–water partition coefficient (Wildman–Crippen LogP) is 1.67. The third-order valence-corrected chi connectivity index (χ3v) is 5.02. The topological polar surface area (TPSA) is 70.0 Å². The van der Waals surface area contributed by atoms with Gasteiger partial charge in [-0.05, 0) is 18.9 Å². The molecule has 0 aromatic heterocycles. The molecule has 18 heavy (non-hydrogen) atoms. The van der Waals surface area contributed by atoms with Crippen LogP contribution in [0.2, 0.25) is 0 Å². The Morgan fingerprint density at radius 3 is 2.50 bits per heavy atom. The van der Waals surface area contributed by atoms with Gasteiger partial charge < -0.3 is 5.21 Å². The molecule has 0 bridgehead atoms. The van der Waals surface area contributed by atoms with E-state index in [1.54, 1.807) is 24.3 Å². The summed E-state index contributed by atoms with van der Waals surface area (Å²) in [7, 11) is -3.48. The van der Waals surface area contributed by atoms with E-state index in [0.717, 1.165) is 25.5 Å². The number of hydrogen-bond acceptors (Lipinski definition) is 4. The van der Waals surface area contributed by atoms with Crippen LogP contribution in [-0.2, 0) is 10.0 Å². The fourth-order valence-corrected chi connectivity index (χ4v) is 3.81. The third kappa shape index (κ3) is 2.54. The molecule has 0 amide bonds. The van der Waals surface area contributed by atoms with Gasteiger partial charge in [-0.1, -0.05) is 29.8 Å². The van der Waals surface area contributed by atoms with Crippen molar-refractivity contribution in [1.82, 2.24) is 4.31 Å².